The van der Waals surface area contributed by atoms with Crippen molar-refractivity contribution in [1.82, 2.24) is 10.2 Å². The maximum atomic E-state index is 12.6. The van der Waals surface area contributed by atoms with E-state index in [-0.39, 0.29) is 11.5 Å². The Morgan fingerprint density at radius 3 is 2.74 bits per heavy atom. The molecule has 7 heteroatoms. The lowest BCUT2D eigenvalue weighted by Crippen LogP contribution is -2.40. The van der Waals surface area contributed by atoms with Gasteiger partial charge >= 0.3 is 5.63 Å². The molecule has 1 saturated heterocycles. The molecule has 1 N–H and O–H groups in total. The van der Waals surface area contributed by atoms with Gasteiger partial charge in [0.25, 0.3) is 5.91 Å². The Labute approximate surface area is 183 Å². The van der Waals surface area contributed by atoms with Crippen molar-refractivity contribution in [2.24, 2.45) is 0 Å². The number of nitrogens with one attached hydrogen (secondary N) is 1. The van der Waals surface area contributed by atoms with Crippen LogP contribution in [-0.4, -0.2) is 56.3 Å². The zero-order valence-electron chi connectivity index (χ0n) is 18.9. The molecule has 170 valence electrons. The summed E-state index contributed by atoms with van der Waals surface area (Å²) in [6.07, 6.45) is 2.98. The number of fused-ring (bicyclic) bond motifs is 1. The van der Waals surface area contributed by atoms with Crippen LogP contribution in [0.3, 0.4) is 0 Å². The summed E-state index contributed by atoms with van der Waals surface area (Å²) in [4.78, 5) is 26.9. The van der Waals surface area contributed by atoms with Gasteiger partial charge in [0.2, 0.25) is 0 Å². The Morgan fingerprint density at radius 2 is 2.00 bits per heavy atom. The van der Waals surface area contributed by atoms with Crippen molar-refractivity contribution >= 4 is 16.9 Å². The number of nitrogens with zero attached hydrogens (tertiary/aromatic N) is 1. The van der Waals surface area contributed by atoms with Crippen molar-refractivity contribution in [3.8, 4) is 5.75 Å². The fourth-order valence-electron chi connectivity index (χ4n) is 3.85. The maximum absolute atomic E-state index is 12.6. The topological polar surface area (TPSA) is 81.0 Å². The summed E-state index contributed by atoms with van der Waals surface area (Å²) < 4.78 is 16.9. The molecule has 31 heavy (non-hydrogen) atoms. The summed E-state index contributed by atoms with van der Waals surface area (Å²) >= 11 is 0. The molecule has 1 atom stereocenters. The van der Waals surface area contributed by atoms with E-state index in [0.717, 1.165) is 75.0 Å². The predicted octanol–water partition coefficient (Wildman–Crippen LogP) is 3.05. The molecule has 1 aliphatic heterocycles. The van der Waals surface area contributed by atoms with Gasteiger partial charge in [-0.1, -0.05) is 13.3 Å². The number of benzene rings is 1. The Morgan fingerprint density at radius 1 is 1.23 bits per heavy atom. The Bertz CT molecular complexity index is 933. The number of hydrogen-bond acceptors (Lipinski definition) is 6. The van der Waals surface area contributed by atoms with E-state index in [4.69, 9.17) is 13.9 Å². The third-order valence-corrected chi connectivity index (χ3v) is 5.56. The van der Waals surface area contributed by atoms with Gasteiger partial charge in [0.05, 0.1) is 18.6 Å². The maximum Gasteiger partial charge on any atom is 0.336 e. The summed E-state index contributed by atoms with van der Waals surface area (Å²) in [5.74, 6) is 0.435. The summed E-state index contributed by atoms with van der Waals surface area (Å²) in [5.41, 5.74) is 1.96. The number of unbranched alkanes of at least 4 members (excludes halogenated alkanes) is 1. The highest BCUT2D eigenvalue weighted by atomic mass is 16.5. The first-order valence-electron chi connectivity index (χ1n) is 11.3. The molecule has 3 rings (SSSR count). The van der Waals surface area contributed by atoms with Crippen LogP contribution in [-0.2, 0) is 16.0 Å². The first-order chi connectivity index (χ1) is 15.0. The minimum absolute atomic E-state index is 0.149. The van der Waals surface area contributed by atoms with E-state index in [1.807, 2.05) is 19.1 Å². The minimum Gasteiger partial charge on any atom is -0.480 e. The lowest BCUT2D eigenvalue weighted by atomic mass is 10.0. The molecule has 0 aliphatic carbocycles. The monoisotopic (exact) mass is 430 g/mol. The lowest BCUT2D eigenvalue weighted by Gasteiger charge is -2.26. The summed E-state index contributed by atoms with van der Waals surface area (Å²) in [6.45, 7) is 10.8. The molecule has 1 aromatic carbocycles. The fourth-order valence-corrected chi connectivity index (χ4v) is 3.85. The molecule has 2 heterocycles. The lowest BCUT2D eigenvalue weighted by molar-refractivity contribution is -0.127. The number of carbonyl (C=O) groups excluding carboxylic acids is 1. The highest BCUT2D eigenvalue weighted by Crippen LogP contribution is 2.31. The average molecular weight is 431 g/mol. The Kier molecular flexibility index (Phi) is 8.49. The molecule has 1 amide bonds. The van der Waals surface area contributed by atoms with Crippen LogP contribution in [0.4, 0.5) is 0 Å². The number of morpholine rings is 1. The predicted molar refractivity (Wildman–Crippen MR) is 121 cm³/mol. The van der Waals surface area contributed by atoms with E-state index in [1.54, 1.807) is 6.92 Å². The highest BCUT2D eigenvalue weighted by molar-refractivity contribution is 5.88. The number of amides is 1. The van der Waals surface area contributed by atoms with E-state index < -0.39 is 6.10 Å². The molecule has 0 saturated carbocycles. The van der Waals surface area contributed by atoms with Crippen molar-refractivity contribution in [2.45, 2.75) is 52.6 Å². The second kappa shape index (κ2) is 11.3. The first kappa shape index (κ1) is 23.3. The molecule has 1 aliphatic rings. The first-order valence-corrected chi connectivity index (χ1v) is 11.3. The summed E-state index contributed by atoms with van der Waals surface area (Å²) in [6, 6.07) is 5.28. The van der Waals surface area contributed by atoms with Gasteiger partial charge in [-0.05, 0) is 62.9 Å². The third-order valence-electron chi connectivity index (χ3n) is 5.56. The van der Waals surface area contributed by atoms with E-state index in [1.165, 1.54) is 6.07 Å². The highest BCUT2D eigenvalue weighted by Gasteiger charge is 2.19. The zero-order valence-corrected chi connectivity index (χ0v) is 18.9. The third kappa shape index (κ3) is 6.55. The number of hydrogen-bond donors (Lipinski definition) is 1. The van der Waals surface area contributed by atoms with Crippen LogP contribution in [0.5, 0.6) is 5.75 Å². The quantitative estimate of drug-likeness (QED) is 0.461. The number of ether oxygens (including phenoxy) is 2. The van der Waals surface area contributed by atoms with Gasteiger partial charge in [0.15, 0.2) is 6.10 Å². The van der Waals surface area contributed by atoms with Crippen molar-refractivity contribution in [2.75, 3.05) is 39.4 Å². The van der Waals surface area contributed by atoms with Crippen LogP contribution in [0.1, 0.15) is 44.2 Å². The van der Waals surface area contributed by atoms with Gasteiger partial charge in [-0.25, -0.2) is 4.79 Å². The van der Waals surface area contributed by atoms with Crippen LogP contribution < -0.4 is 15.7 Å². The van der Waals surface area contributed by atoms with Gasteiger partial charge in [-0.2, -0.15) is 0 Å². The molecule has 1 fully saturated rings. The molecule has 0 bridgehead atoms. The van der Waals surface area contributed by atoms with Crippen LogP contribution in [0.25, 0.3) is 11.0 Å². The van der Waals surface area contributed by atoms with Crippen LogP contribution in [0, 0.1) is 6.92 Å². The van der Waals surface area contributed by atoms with Crippen LogP contribution in [0.15, 0.2) is 27.4 Å². The molecule has 0 unspecified atom stereocenters. The van der Waals surface area contributed by atoms with Gasteiger partial charge < -0.3 is 19.2 Å². The number of rotatable bonds is 10. The number of aryl methyl sites for hydroxylation is 2. The summed E-state index contributed by atoms with van der Waals surface area (Å²) in [7, 11) is 0. The molecule has 0 radical (unpaired) electrons. The second-order valence-electron chi connectivity index (χ2n) is 8.19. The van der Waals surface area contributed by atoms with Crippen LogP contribution >= 0.6 is 0 Å². The Balaban J connectivity index is 1.65. The molecule has 7 nitrogen and oxygen atoms in total. The van der Waals surface area contributed by atoms with E-state index in [9.17, 15) is 9.59 Å². The molecule has 2 aromatic rings. The van der Waals surface area contributed by atoms with Crippen molar-refractivity contribution in [1.29, 1.82) is 0 Å². The largest absolute Gasteiger partial charge is 0.480 e. The molecule has 1 aromatic heterocycles. The molecular formula is C24H34N2O5. The van der Waals surface area contributed by atoms with Crippen LogP contribution in [0.2, 0.25) is 0 Å². The van der Waals surface area contributed by atoms with E-state index in [2.05, 4.69) is 17.1 Å². The standard InChI is InChI=1S/C24H34N2O5/c1-4-5-7-19-16-22(27)31-21-15-17(2)14-20(23(19)21)30-18(3)24(28)25-8-6-9-26-10-12-29-13-11-26/h14-16,18H,4-13H2,1-3H3,(H,25,28)/t18-/m1/s1. The normalized spacial score (nSPS) is 15.7. The smallest absolute Gasteiger partial charge is 0.336 e. The van der Waals surface area contributed by atoms with Crippen molar-refractivity contribution < 1.29 is 18.7 Å². The van der Waals surface area contributed by atoms with Crippen molar-refractivity contribution in [3.63, 3.8) is 0 Å². The van der Waals surface area contributed by atoms with E-state index in [0.29, 0.717) is 17.9 Å². The van der Waals surface area contributed by atoms with Gasteiger partial charge in [0, 0.05) is 25.7 Å². The van der Waals surface area contributed by atoms with Crippen molar-refractivity contribution in [3.05, 3.63) is 39.7 Å². The van der Waals surface area contributed by atoms with Gasteiger partial charge in [0.1, 0.15) is 11.3 Å². The molecular weight excluding hydrogens is 396 g/mol. The summed E-state index contributed by atoms with van der Waals surface area (Å²) in [5, 5.41) is 3.75. The minimum atomic E-state index is -0.653. The fraction of sp³-hybridized carbons (Fsp3) is 0.583. The second-order valence-corrected chi connectivity index (χ2v) is 8.19. The zero-order chi connectivity index (χ0) is 22.2. The Hall–Kier alpha value is -2.38. The number of carbonyl (C=O) groups is 1. The van der Waals surface area contributed by atoms with Gasteiger partial charge in [-0.3, -0.25) is 9.69 Å². The van der Waals surface area contributed by atoms with E-state index >= 15 is 0 Å². The molecule has 0 spiro atoms. The SMILES string of the molecule is CCCCc1cc(=O)oc2cc(C)cc(O[C@H](C)C(=O)NCCCN3CCOCC3)c12. The van der Waals surface area contributed by atoms with Gasteiger partial charge in [-0.15, -0.1) is 0 Å². The average Bonchev–Trinajstić information content (AvgIpc) is 2.74.